The number of rotatable bonds is 8. The van der Waals surface area contributed by atoms with Crippen LogP contribution in [0.3, 0.4) is 0 Å². The van der Waals surface area contributed by atoms with Crippen LogP contribution in [0.5, 0.6) is 0 Å². The molecule has 2 aromatic carbocycles. The molecule has 33 heavy (non-hydrogen) atoms. The van der Waals surface area contributed by atoms with E-state index in [1.54, 1.807) is 36.1 Å². The summed E-state index contributed by atoms with van der Waals surface area (Å²) in [5.41, 5.74) is -0.179. The zero-order valence-electron chi connectivity index (χ0n) is 18.1. The summed E-state index contributed by atoms with van der Waals surface area (Å²) >= 11 is 0. The molecule has 176 valence electrons. The number of nitrogens with zero attached hydrogens (tertiary/aromatic N) is 2. The molecule has 0 saturated carbocycles. The molecule has 1 saturated heterocycles. The largest absolute Gasteiger partial charge is 0.418 e. The summed E-state index contributed by atoms with van der Waals surface area (Å²) in [7, 11) is 0. The maximum Gasteiger partial charge on any atom is 0.418 e. The third-order valence-electron chi connectivity index (χ3n) is 5.23. The van der Waals surface area contributed by atoms with Crippen LogP contribution >= 0.6 is 0 Å². The van der Waals surface area contributed by atoms with Crippen molar-refractivity contribution in [2.75, 3.05) is 41.7 Å². The Hall–Kier alpha value is -3.40. The standard InChI is InChI=1S/C23H25F3N4O3/c1-2-29(14-20(31)27-17-9-4-3-8-16(17)23(24,25)26)15-21(32)28-18-10-5-6-11-19(18)30-13-7-12-22(30)33/h3-6,8-11H,2,7,12-15H2,1H3,(H,27,31)(H,28,32). The van der Waals surface area contributed by atoms with E-state index in [0.717, 1.165) is 12.5 Å². The van der Waals surface area contributed by atoms with Gasteiger partial charge in [-0.15, -0.1) is 0 Å². The highest BCUT2D eigenvalue weighted by Gasteiger charge is 2.33. The first-order valence-corrected chi connectivity index (χ1v) is 10.6. The van der Waals surface area contributed by atoms with E-state index in [1.807, 2.05) is 0 Å². The molecule has 0 aromatic heterocycles. The van der Waals surface area contributed by atoms with Crippen LogP contribution in [0.2, 0.25) is 0 Å². The topological polar surface area (TPSA) is 81.8 Å². The smallest absolute Gasteiger partial charge is 0.324 e. The van der Waals surface area contributed by atoms with Gasteiger partial charge in [-0.25, -0.2) is 0 Å². The van der Waals surface area contributed by atoms with Gasteiger partial charge < -0.3 is 15.5 Å². The van der Waals surface area contributed by atoms with Crippen LogP contribution in [-0.2, 0) is 20.6 Å². The van der Waals surface area contributed by atoms with Crippen molar-refractivity contribution in [1.29, 1.82) is 0 Å². The number of benzene rings is 2. The molecule has 0 unspecified atom stereocenters. The maximum absolute atomic E-state index is 13.1. The van der Waals surface area contributed by atoms with E-state index in [-0.39, 0.29) is 24.7 Å². The SMILES string of the molecule is CCN(CC(=O)Nc1ccccc1N1CCCC1=O)CC(=O)Nc1ccccc1C(F)(F)F. The third-order valence-corrected chi connectivity index (χ3v) is 5.23. The molecule has 1 aliphatic heterocycles. The number of hydrogen-bond acceptors (Lipinski definition) is 4. The molecule has 3 amide bonds. The number of halogens is 3. The van der Waals surface area contributed by atoms with Gasteiger partial charge in [-0.2, -0.15) is 13.2 Å². The van der Waals surface area contributed by atoms with E-state index in [4.69, 9.17) is 0 Å². The summed E-state index contributed by atoms with van der Waals surface area (Å²) in [6.45, 7) is 2.23. The average Bonchev–Trinajstić information content (AvgIpc) is 3.18. The molecule has 1 aliphatic rings. The summed E-state index contributed by atoms with van der Waals surface area (Å²) < 4.78 is 39.4. The molecule has 1 fully saturated rings. The molecular weight excluding hydrogens is 437 g/mol. The quantitative estimate of drug-likeness (QED) is 0.627. The van der Waals surface area contributed by atoms with Crippen molar-refractivity contribution in [3.05, 3.63) is 54.1 Å². The minimum absolute atomic E-state index is 0.0114. The monoisotopic (exact) mass is 462 g/mol. The molecular formula is C23H25F3N4O3. The van der Waals surface area contributed by atoms with Crippen molar-refractivity contribution >= 4 is 34.8 Å². The lowest BCUT2D eigenvalue weighted by Gasteiger charge is -2.22. The van der Waals surface area contributed by atoms with Gasteiger partial charge in [0.2, 0.25) is 17.7 Å². The fourth-order valence-corrected chi connectivity index (χ4v) is 3.62. The summed E-state index contributed by atoms with van der Waals surface area (Å²) in [4.78, 5) is 40.2. The van der Waals surface area contributed by atoms with Gasteiger partial charge in [-0.1, -0.05) is 31.2 Å². The van der Waals surface area contributed by atoms with E-state index in [9.17, 15) is 27.6 Å². The summed E-state index contributed by atoms with van der Waals surface area (Å²) in [5.74, 6) is -1.08. The first kappa shape index (κ1) is 24.2. The van der Waals surface area contributed by atoms with Crippen molar-refractivity contribution in [3.8, 4) is 0 Å². The first-order valence-electron chi connectivity index (χ1n) is 10.6. The Bertz CT molecular complexity index is 1030. The van der Waals surface area contributed by atoms with Crippen LogP contribution < -0.4 is 15.5 Å². The summed E-state index contributed by atoms with van der Waals surface area (Å²) in [5, 5.41) is 5.05. The Balaban J connectivity index is 1.61. The molecule has 0 atom stereocenters. The van der Waals surface area contributed by atoms with Gasteiger partial charge in [0.05, 0.1) is 35.7 Å². The number of para-hydroxylation sites is 3. The third kappa shape index (κ3) is 6.32. The number of nitrogens with one attached hydrogen (secondary N) is 2. The zero-order valence-corrected chi connectivity index (χ0v) is 18.1. The molecule has 10 heteroatoms. The summed E-state index contributed by atoms with van der Waals surface area (Å²) in [6, 6.07) is 11.7. The maximum atomic E-state index is 13.1. The van der Waals surface area contributed by atoms with Gasteiger partial charge in [-0.05, 0) is 37.2 Å². The van der Waals surface area contributed by atoms with E-state index < -0.39 is 23.6 Å². The first-order chi connectivity index (χ1) is 15.7. The van der Waals surface area contributed by atoms with Crippen molar-refractivity contribution in [2.24, 2.45) is 0 Å². The Kier molecular flexibility index (Phi) is 7.70. The highest BCUT2D eigenvalue weighted by atomic mass is 19.4. The lowest BCUT2D eigenvalue weighted by Crippen LogP contribution is -2.39. The van der Waals surface area contributed by atoms with Crippen molar-refractivity contribution in [1.82, 2.24) is 4.90 Å². The van der Waals surface area contributed by atoms with Gasteiger partial charge in [-0.3, -0.25) is 19.3 Å². The predicted octanol–water partition coefficient (Wildman–Crippen LogP) is 3.73. The second-order valence-electron chi connectivity index (χ2n) is 7.61. The van der Waals surface area contributed by atoms with Crippen LogP contribution in [0.25, 0.3) is 0 Å². The number of alkyl halides is 3. The Morgan fingerprint density at radius 3 is 2.12 bits per heavy atom. The van der Waals surface area contributed by atoms with Crippen molar-refractivity contribution in [2.45, 2.75) is 25.9 Å². The number of anilines is 3. The fraction of sp³-hybridized carbons (Fsp3) is 0.348. The molecule has 0 radical (unpaired) electrons. The van der Waals surface area contributed by atoms with Crippen LogP contribution in [0.15, 0.2) is 48.5 Å². The minimum atomic E-state index is -4.60. The second-order valence-corrected chi connectivity index (χ2v) is 7.61. The Labute approximate surface area is 189 Å². The highest BCUT2D eigenvalue weighted by molar-refractivity contribution is 6.02. The van der Waals surface area contributed by atoms with Gasteiger partial charge in [0, 0.05) is 13.0 Å². The fourth-order valence-electron chi connectivity index (χ4n) is 3.62. The molecule has 1 heterocycles. The van der Waals surface area contributed by atoms with E-state index >= 15 is 0 Å². The Morgan fingerprint density at radius 2 is 1.55 bits per heavy atom. The number of likely N-dealkylation sites (N-methyl/N-ethyl adjacent to an activating group) is 1. The lowest BCUT2D eigenvalue weighted by molar-refractivity contribution is -0.137. The van der Waals surface area contributed by atoms with E-state index in [1.165, 1.54) is 23.1 Å². The second kappa shape index (κ2) is 10.5. The van der Waals surface area contributed by atoms with E-state index in [2.05, 4.69) is 10.6 Å². The molecule has 2 aromatic rings. The molecule has 0 spiro atoms. The Morgan fingerprint density at radius 1 is 0.970 bits per heavy atom. The average molecular weight is 462 g/mol. The summed E-state index contributed by atoms with van der Waals surface area (Å²) in [6.07, 6.45) is -3.39. The van der Waals surface area contributed by atoms with Crippen LogP contribution in [0.4, 0.5) is 30.2 Å². The van der Waals surface area contributed by atoms with Crippen LogP contribution in [0, 0.1) is 0 Å². The van der Waals surface area contributed by atoms with Crippen LogP contribution in [0.1, 0.15) is 25.3 Å². The van der Waals surface area contributed by atoms with Crippen molar-refractivity contribution in [3.63, 3.8) is 0 Å². The van der Waals surface area contributed by atoms with Gasteiger partial charge >= 0.3 is 6.18 Å². The molecule has 2 N–H and O–H groups in total. The number of carbonyl (C=O) groups is 3. The van der Waals surface area contributed by atoms with Gasteiger partial charge in [0.1, 0.15) is 0 Å². The molecule has 3 rings (SSSR count). The zero-order chi connectivity index (χ0) is 24.0. The predicted molar refractivity (Wildman–Crippen MR) is 119 cm³/mol. The van der Waals surface area contributed by atoms with Crippen molar-refractivity contribution < 1.29 is 27.6 Å². The normalized spacial score (nSPS) is 14.0. The molecule has 7 nitrogen and oxygen atoms in total. The van der Waals surface area contributed by atoms with E-state index in [0.29, 0.717) is 30.9 Å². The van der Waals surface area contributed by atoms with Crippen LogP contribution in [-0.4, -0.2) is 48.8 Å². The molecule has 0 bridgehead atoms. The lowest BCUT2D eigenvalue weighted by atomic mass is 10.1. The highest BCUT2D eigenvalue weighted by Crippen LogP contribution is 2.34. The number of hydrogen-bond donors (Lipinski definition) is 2. The number of amides is 3. The van der Waals surface area contributed by atoms with Gasteiger partial charge in [0.25, 0.3) is 0 Å². The molecule has 0 aliphatic carbocycles. The minimum Gasteiger partial charge on any atom is -0.324 e. The number of carbonyl (C=O) groups excluding carboxylic acids is 3. The van der Waals surface area contributed by atoms with Gasteiger partial charge in [0.15, 0.2) is 0 Å².